The van der Waals surface area contributed by atoms with Crippen LogP contribution in [0.25, 0.3) is 6.08 Å². The summed E-state index contributed by atoms with van der Waals surface area (Å²) < 4.78 is 6.65. The van der Waals surface area contributed by atoms with Gasteiger partial charge in [-0.3, -0.25) is 14.9 Å². The van der Waals surface area contributed by atoms with E-state index in [1.807, 2.05) is 6.07 Å². The van der Waals surface area contributed by atoms with E-state index in [0.717, 1.165) is 4.47 Å². The van der Waals surface area contributed by atoms with Crippen LogP contribution in [0, 0.1) is 21.4 Å². The number of nitro benzene ring substituents is 1. The zero-order valence-corrected chi connectivity index (χ0v) is 18.8. The van der Waals surface area contributed by atoms with Crippen LogP contribution in [0.5, 0.6) is 5.75 Å². The van der Waals surface area contributed by atoms with Gasteiger partial charge in [0.25, 0.3) is 11.6 Å². The fourth-order valence-corrected chi connectivity index (χ4v) is 3.17. The molecule has 0 heterocycles. The zero-order chi connectivity index (χ0) is 23.1. The Balaban J connectivity index is 1.82. The summed E-state index contributed by atoms with van der Waals surface area (Å²) in [4.78, 5) is 23.0. The Bertz CT molecular complexity index is 1240. The van der Waals surface area contributed by atoms with Crippen molar-refractivity contribution in [2.24, 2.45) is 0 Å². The molecule has 0 atom stereocenters. The number of anilines is 1. The average molecular weight is 513 g/mol. The third-order valence-electron chi connectivity index (χ3n) is 4.25. The molecule has 0 aromatic heterocycles. The fourth-order valence-electron chi connectivity index (χ4n) is 2.72. The summed E-state index contributed by atoms with van der Waals surface area (Å²) in [7, 11) is 0. The normalized spacial score (nSPS) is 10.8. The van der Waals surface area contributed by atoms with Gasteiger partial charge in [0.1, 0.15) is 24.0 Å². The number of nitriles is 1. The third-order valence-corrected chi connectivity index (χ3v) is 5.02. The van der Waals surface area contributed by atoms with E-state index in [1.54, 1.807) is 54.6 Å². The summed E-state index contributed by atoms with van der Waals surface area (Å²) in [6, 6.07) is 19.7. The Morgan fingerprint density at radius 3 is 2.62 bits per heavy atom. The van der Waals surface area contributed by atoms with Crippen LogP contribution in [0.15, 0.2) is 76.8 Å². The van der Waals surface area contributed by atoms with Crippen LogP contribution >= 0.6 is 27.5 Å². The monoisotopic (exact) mass is 511 g/mol. The molecule has 1 amide bonds. The van der Waals surface area contributed by atoms with Crippen molar-refractivity contribution in [2.75, 3.05) is 5.32 Å². The number of halogens is 2. The summed E-state index contributed by atoms with van der Waals surface area (Å²) >= 11 is 9.41. The number of carbonyl (C=O) groups excluding carboxylic acids is 1. The van der Waals surface area contributed by atoms with Crippen LogP contribution in [-0.4, -0.2) is 10.8 Å². The lowest BCUT2D eigenvalue weighted by Gasteiger charge is -2.11. The third kappa shape index (κ3) is 6.17. The number of hydrogen-bond donors (Lipinski definition) is 1. The maximum atomic E-state index is 12.6. The molecule has 0 fully saturated rings. The van der Waals surface area contributed by atoms with Gasteiger partial charge in [-0.15, -0.1) is 0 Å². The van der Waals surface area contributed by atoms with Gasteiger partial charge in [-0.2, -0.15) is 5.26 Å². The minimum absolute atomic E-state index is 0.0429. The molecule has 0 aliphatic heterocycles. The maximum Gasteiger partial charge on any atom is 0.269 e. The minimum atomic E-state index is -0.584. The van der Waals surface area contributed by atoms with E-state index in [-0.39, 0.29) is 17.9 Å². The van der Waals surface area contributed by atoms with Crippen LogP contribution in [-0.2, 0) is 11.4 Å². The quantitative estimate of drug-likeness (QED) is 0.177. The zero-order valence-electron chi connectivity index (χ0n) is 16.4. The second-order valence-corrected chi connectivity index (χ2v) is 7.88. The van der Waals surface area contributed by atoms with Gasteiger partial charge >= 0.3 is 0 Å². The maximum absolute atomic E-state index is 12.6. The molecule has 0 saturated heterocycles. The molecule has 0 saturated carbocycles. The highest BCUT2D eigenvalue weighted by Crippen LogP contribution is 2.27. The van der Waals surface area contributed by atoms with E-state index in [9.17, 15) is 20.2 Å². The molecule has 0 aliphatic carbocycles. The largest absolute Gasteiger partial charge is 0.488 e. The molecule has 0 unspecified atom stereocenters. The summed E-state index contributed by atoms with van der Waals surface area (Å²) in [5.41, 5.74) is 1.37. The molecule has 3 rings (SSSR count). The fraction of sp³-hybridized carbons (Fsp3) is 0.0435. The molecule has 0 bridgehead atoms. The molecule has 32 heavy (non-hydrogen) atoms. The van der Waals surface area contributed by atoms with Gasteiger partial charge < -0.3 is 10.1 Å². The Hall–Kier alpha value is -3.67. The van der Waals surface area contributed by atoms with E-state index in [2.05, 4.69) is 21.2 Å². The lowest BCUT2D eigenvalue weighted by molar-refractivity contribution is -0.384. The van der Waals surface area contributed by atoms with Crippen molar-refractivity contribution in [1.82, 2.24) is 0 Å². The molecule has 1 N–H and O–H groups in total. The van der Waals surface area contributed by atoms with Crippen molar-refractivity contribution in [1.29, 1.82) is 5.26 Å². The first-order valence-electron chi connectivity index (χ1n) is 9.20. The summed E-state index contributed by atoms with van der Waals surface area (Å²) in [5, 5.41) is 23.5. The van der Waals surface area contributed by atoms with Gasteiger partial charge in [-0.1, -0.05) is 39.7 Å². The number of hydrogen-bond acceptors (Lipinski definition) is 5. The number of nitrogens with zero attached hydrogens (tertiary/aromatic N) is 2. The van der Waals surface area contributed by atoms with Crippen molar-refractivity contribution in [3.05, 3.63) is 103 Å². The summed E-state index contributed by atoms with van der Waals surface area (Å²) in [6.45, 7) is 0.0527. The Kier molecular flexibility index (Phi) is 7.60. The van der Waals surface area contributed by atoms with Crippen molar-refractivity contribution in [3.63, 3.8) is 0 Å². The molecular weight excluding hydrogens is 498 g/mol. The number of carbonyl (C=O) groups is 1. The van der Waals surface area contributed by atoms with Crippen LogP contribution in [0.1, 0.15) is 11.1 Å². The molecule has 0 radical (unpaired) electrons. The van der Waals surface area contributed by atoms with Crippen LogP contribution in [0.3, 0.4) is 0 Å². The molecule has 9 heteroatoms. The van der Waals surface area contributed by atoms with Crippen LogP contribution < -0.4 is 10.1 Å². The lowest BCUT2D eigenvalue weighted by Crippen LogP contribution is -2.13. The SMILES string of the molecule is N#C/C(=C\c1cc(Cl)ccc1OCc1cccc([N+](=O)[O-])c1)C(=O)Nc1ccc(Br)cc1. The topological polar surface area (TPSA) is 105 Å². The first-order chi connectivity index (χ1) is 15.4. The van der Waals surface area contributed by atoms with Gasteiger partial charge in [0.2, 0.25) is 0 Å². The number of rotatable bonds is 7. The van der Waals surface area contributed by atoms with Gasteiger partial charge in [0.15, 0.2) is 0 Å². The second-order valence-electron chi connectivity index (χ2n) is 6.53. The van der Waals surface area contributed by atoms with Gasteiger partial charge in [0, 0.05) is 32.9 Å². The predicted molar refractivity (Wildman–Crippen MR) is 125 cm³/mol. The number of benzene rings is 3. The van der Waals surface area contributed by atoms with Crippen LogP contribution in [0.2, 0.25) is 5.02 Å². The molecule has 160 valence electrons. The standard InChI is InChI=1S/C23H15BrClN3O4/c24-18-4-7-20(8-5-18)27-23(29)17(13-26)11-16-12-19(25)6-9-22(16)32-14-15-2-1-3-21(10-15)28(30)31/h1-12H,14H2,(H,27,29)/b17-11+. The van der Waals surface area contributed by atoms with Gasteiger partial charge in [0.05, 0.1) is 4.92 Å². The van der Waals surface area contributed by atoms with E-state index >= 15 is 0 Å². The first-order valence-corrected chi connectivity index (χ1v) is 10.4. The molecular formula is C23H15BrClN3O4. The second kappa shape index (κ2) is 10.6. The molecule has 7 nitrogen and oxygen atoms in total. The lowest BCUT2D eigenvalue weighted by atomic mass is 10.1. The van der Waals surface area contributed by atoms with Crippen molar-refractivity contribution in [2.45, 2.75) is 6.61 Å². The molecule has 0 aliphatic rings. The Labute approximate surface area is 197 Å². The number of non-ortho nitro benzene ring substituents is 1. The summed E-state index contributed by atoms with van der Waals surface area (Å²) in [5.74, 6) is -0.218. The molecule has 0 spiro atoms. The van der Waals surface area contributed by atoms with Gasteiger partial charge in [-0.05, 0) is 54.1 Å². The smallest absolute Gasteiger partial charge is 0.269 e. The highest BCUT2D eigenvalue weighted by Gasteiger charge is 2.13. The van der Waals surface area contributed by atoms with E-state index in [1.165, 1.54) is 18.2 Å². The summed E-state index contributed by atoms with van der Waals surface area (Å²) in [6.07, 6.45) is 1.38. The highest BCUT2D eigenvalue weighted by atomic mass is 79.9. The van der Waals surface area contributed by atoms with E-state index in [4.69, 9.17) is 16.3 Å². The number of nitro groups is 1. The number of amides is 1. The molecule has 3 aromatic carbocycles. The average Bonchev–Trinajstić information content (AvgIpc) is 2.78. The number of nitrogens with one attached hydrogen (secondary N) is 1. The van der Waals surface area contributed by atoms with Gasteiger partial charge in [-0.25, -0.2) is 0 Å². The predicted octanol–water partition coefficient (Wildman–Crippen LogP) is 6.14. The number of ether oxygens (including phenoxy) is 1. The molecule has 3 aromatic rings. The highest BCUT2D eigenvalue weighted by molar-refractivity contribution is 9.10. The first kappa shape index (κ1) is 23.0. The van der Waals surface area contributed by atoms with Crippen LogP contribution in [0.4, 0.5) is 11.4 Å². The van der Waals surface area contributed by atoms with Crippen molar-refractivity contribution >= 4 is 50.9 Å². The Morgan fingerprint density at radius 1 is 1.19 bits per heavy atom. The Morgan fingerprint density at radius 2 is 1.94 bits per heavy atom. The van der Waals surface area contributed by atoms with E-state index in [0.29, 0.717) is 27.6 Å². The van der Waals surface area contributed by atoms with Crippen molar-refractivity contribution in [3.8, 4) is 11.8 Å². The minimum Gasteiger partial charge on any atom is -0.488 e. The van der Waals surface area contributed by atoms with E-state index < -0.39 is 10.8 Å². The van der Waals surface area contributed by atoms with Crippen molar-refractivity contribution < 1.29 is 14.5 Å².